The summed E-state index contributed by atoms with van der Waals surface area (Å²) >= 11 is 0. The Kier molecular flexibility index (Phi) is 9.18. The second kappa shape index (κ2) is 12.6. The molecule has 0 saturated carbocycles. The minimum absolute atomic E-state index is 0.0131. The van der Waals surface area contributed by atoms with Gasteiger partial charge in [-0.3, -0.25) is 9.80 Å². The van der Waals surface area contributed by atoms with Crippen LogP contribution in [0.4, 0.5) is 24.8 Å². The Morgan fingerprint density at radius 3 is 2.64 bits per heavy atom. The molecule has 0 spiro atoms. The number of H-pyrrole nitrogens is 1. The molecule has 2 aromatic carbocycles. The van der Waals surface area contributed by atoms with E-state index in [0.29, 0.717) is 36.3 Å². The van der Waals surface area contributed by atoms with Gasteiger partial charge in [-0.05, 0) is 61.3 Å². The van der Waals surface area contributed by atoms with Gasteiger partial charge >= 0.3 is 17.8 Å². The van der Waals surface area contributed by atoms with Crippen LogP contribution < -0.4 is 10.6 Å². The van der Waals surface area contributed by atoms with Crippen molar-refractivity contribution in [1.29, 1.82) is 5.26 Å². The maximum Gasteiger partial charge on any atom is 0.416 e. The fraction of sp³-hybridized carbons (Fsp3) is 0.379. The normalized spacial score (nSPS) is 15.1. The fourth-order valence-corrected chi connectivity index (χ4v) is 5.19. The van der Waals surface area contributed by atoms with Crippen LogP contribution in [0.2, 0.25) is 0 Å². The van der Waals surface area contributed by atoms with Gasteiger partial charge in [0.2, 0.25) is 5.95 Å². The molecule has 3 aromatic rings. The van der Waals surface area contributed by atoms with Gasteiger partial charge in [-0.25, -0.2) is 19.3 Å². The number of alkyl halides is 3. The van der Waals surface area contributed by atoms with Gasteiger partial charge in [0.05, 0.1) is 36.5 Å². The van der Waals surface area contributed by atoms with Gasteiger partial charge in [-0.15, -0.1) is 5.10 Å². The van der Waals surface area contributed by atoms with E-state index in [-0.39, 0.29) is 29.5 Å². The van der Waals surface area contributed by atoms with Crippen LogP contribution in [0.5, 0.6) is 0 Å². The number of benzene rings is 2. The monoisotopic (exact) mass is 584 g/mol. The van der Waals surface area contributed by atoms with Crippen molar-refractivity contribution < 1.29 is 27.8 Å². The van der Waals surface area contributed by atoms with Crippen molar-refractivity contribution in [3.8, 4) is 6.07 Å². The molecule has 222 valence electrons. The van der Waals surface area contributed by atoms with Gasteiger partial charge in [0.25, 0.3) is 0 Å². The van der Waals surface area contributed by atoms with E-state index in [9.17, 15) is 33.1 Å². The molecule has 2 heterocycles. The number of carbonyl (C=O) groups excluding carboxylic acids is 1. The molecule has 0 unspecified atom stereocenters. The lowest BCUT2D eigenvalue weighted by molar-refractivity contribution is -0.138. The standard InChI is InChI=1S/C29H31F3N6O4/c1-4-5-11-36(12-13-39)17-20-14-19(16-33)9-10-23(20)25-24(26(40)42-3)18(2)37(27-34-35-28(41)38(25)27)22-8-6-7-21(15-22)29(30,31)32/h6-10,14-15,25,39H,4-5,11-13,17H2,1-3H3,(H,35,41)/t25-/m1/s1. The predicted octanol–water partition coefficient (Wildman–Crippen LogP) is 4.24. The van der Waals surface area contributed by atoms with Crippen molar-refractivity contribution in [3.05, 3.63) is 86.5 Å². The first kappa shape index (κ1) is 30.5. The van der Waals surface area contributed by atoms with Gasteiger partial charge in [0.15, 0.2) is 0 Å². The van der Waals surface area contributed by atoms with Crippen LogP contribution in [0.3, 0.4) is 0 Å². The molecule has 1 aromatic heterocycles. The molecule has 10 nitrogen and oxygen atoms in total. The van der Waals surface area contributed by atoms with Crippen molar-refractivity contribution >= 4 is 17.6 Å². The second-order valence-corrected chi connectivity index (χ2v) is 9.85. The number of esters is 1. The van der Waals surface area contributed by atoms with E-state index in [2.05, 4.69) is 16.3 Å². The summed E-state index contributed by atoms with van der Waals surface area (Å²) in [5.41, 5.74) is 0.140. The lowest BCUT2D eigenvalue weighted by Gasteiger charge is -2.36. The summed E-state index contributed by atoms with van der Waals surface area (Å²) in [7, 11) is 1.18. The Bertz CT molecular complexity index is 1590. The number of aliphatic hydroxyl groups is 1. The highest BCUT2D eigenvalue weighted by Crippen LogP contribution is 2.43. The highest BCUT2D eigenvalue weighted by Gasteiger charge is 2.41. The van der Waals surface area contributed by atoms with Gasteiger partial charge < -0.3 is 9.84 Å². The zero-order chi connectivity index (χ0) is 30.6. The molecule has 1 aliphatic rings. The number of methoxy groups -OCH3 is 1. The number of nitrogens with one attached hydrogen (secondary N) is 1. The number of anilines is 2. The van der Waals surface area contributed by atoms with Crippen molar-refractivity contribution in [1.82, 2.24) is 19.7 Å². The van der Waals surface area contributed by atoms with Crippen LogP contribution in [0, 0.1) is 11.3 Å². The van der Waals surface area contributed by atoms with Crippen molar-refractivity contribution in [2.75, 3.05) is 31.7 Å². The second-order valence-electron chi connectivity index (χ2n) is 9.85. The lowest BCUT2D eigenvalue weighted by atomic mass is 9.89. The topological polar surface area (TPSA) is 127 Å². The van der Waals surface area contributed by atoms with Crippen molar-refractivity contribution in [2.45, 2.75) is 45.5 Å². The number of aromatic amines is 1. The Morgan fingerprint density at radius 1 is 1.24 bits per heavy atom. The number of aliphatic hydroxyl groups excluding tert-OH is 1. The van der Waals surface area contributed by atoms with Crippen molar-refractivity contribution in [2.24, 2.45) is 0 Å². The summed E-state index contributed by atoms with van der Waals surface area (Å²) in [6, 6.07) is 10.4. The number of ether oxygens (including phenoxy) is 1. The number of aromatic nitrogens is 3. The molecule has 0 fully saturated rings. The summed E-state index contributed by atoms with van der Waals surface area (Å²) in [6.45, 7) is 4.82. The number of fused-ring (bicyclic) bond motifs is 1. The number of nitriles is 1. The smallest absolute Gasteiger partial charge is 0.416 e. The molecule has 1 atom stereocenters. The molecule has 0 amide bonds. The first-order valence-electron chi connectivity index (χ1n) is 13.3. The third kappa shape index (κ3) is 5.95. The lowest BCUT2D eigenvalue weighted by Crippen LogP contribution is -2.38. The maximum absolute atomic E-state index is 13.6. The minimum Gasteiger partial charge on any atom is -0.466 e. The number of rotatable bonds is 10. The number of halogens is 3. The summed E-state index contributed by atoms with van der Waals surface area (Å²) in [6.07, 6.45) is -2.85. The quantitative estimate of drug-likeness (QED) is 0.339. The van der Waals surface area contributed by atoms with E-state index in [1.165, 1.54) is 28.7 Å². The van der Waals surface area contributed by atoms with E-state index < -0.39 is 29.4 Å². The maximum atomic E-state index is 13.6. The molecule has 0 saturated heterocycles. The fourth-order valence-electron chi connectivity index (χ4n) is 5.19. The van der Waals surface area contributed by atoms with Crippen LogP contribution in [0.15, 0.2) is 58.5 Å². The van der Waals surface area contributed by atoms with E-state index in [4.69, 9.17) is 4.74 Å². The molecule has 0 radical (unpaired) electrons. The Balaban J connectivity index is 1.97. The first-order valence-corrected chi connectivity index (χ1v) is 13.3. The Hall–Kier alpha value is -4.41. The van der Waals surface area contributed by atoms with E-state index in [1.807, 2.05) is 11.8 Å². The molecule has 0 aliphatic carbocycles. The van der Waals surface area contributed by atoms with E-state index in [0.717, 1.165) is 25.0 Å². The number of allylic oxidation sites excluding steroid dienone is 1. The van der Waals surface area contributed by atoms with Crippen LogP contribution in [-0.4, -0.2) is 57.5 Å². The van der Waals surface area contributed by atoms with Crippen LogP contribution >= 0.6 is 0 Å². The molecule has 1 aliphatic heterocycles. The average molecular weight is 585 g/mol. The van der Waals surface area contributed by atoms with E-state index >= 15 is 0 Å². The summed E-state index contributed by atoms with van der Waals surface area (Å²) in [5, 5.41) is 25.8. The predicted molar refractivity (Wildman–Crippen MR) is 148 cm³/mol. The van der Waals surface area contributed by atoms with Gasteiger partial charge in [-0.2, -0.15) is 18.4 Å². The zero-order valence-electron chi connectivity index (χ0n) is 23.4. The van der Waals surface area contributed by atoms with Crippen LogP contribution in [0.1, 0.15) is 55.0 Å². The highest BCUT2D eigenvalue weighted by molar-refractivity contribution is 5.93. The molecule has 0 bridgehead atoms. The first-order chi connectivity index (χ1) is 20.0. The average Bonchev–Trinajstić information content (AvgIpc) is 3.35. The Morgan fingerprint density at radius 2 is 2.00 bits per heavy atom. The molecule has 42 heavy (non-hydrogen) atoms. The van der Waals surface area contributed by atoms with Crippen LogP contribution in [-0.2, 0) is 22.3 Å². The number of unbranched alkanes of at least 4 members (excludes halogenated alkanes) is 1. The number of hydrogen-bond acceptors (Lipinski definition) is 8. The van der Waals surface area contributed by atoms with Gasteiger partial charge in [-0.1, -0.05) is 25.5 Å². The van der Waals surface area contributed by atoms with Crippen molar-refractivity contribution in [3.63, 3.8) is 0 Å². The van der Waals surface area contributed by atoms with Gasteiger partial charge in [0, 0.05) is 24.5 Å². The zero-order valence-corrected chi connectivity index (χ0v) is 23.4. The summed E-state index contributed by atoms with van der Waals surface area (Å²) < 4.78 is 47.1. The Labute approximate surface area is 240 Å². The SMILES string of the molecule is CCCCN(CCO)Cc1cc(C#N)ccc1[C@@H]1C(C(=O)OC)=C(C)N(c2cccc(C(F)(F)F)c2)c2n[nH]c(=O)n21. The molecular weight excluding hydrogens is 553 g/mol. The van der Waals surface area contributed by atoms with Crippen LogP contribution in [0.25, 0.3) is 0 Å². The highest BCUT2D eigenvalue weighted by atomic mass is 19.4. The van der Waals surface area contributed by atoms with Gasteiger partial charge in [0.1, 0.15) is 6.04 Å². The largest absolute Gasteiger partial charge is 0.466 e. The molecule has 2 N–H and O–H groups in total. The molecular formula is C29H31F3N6O4. The summed E-state index contributed by atoms with van der Waals surface area (Å²) in [5.74, 6) is -0.815. The number of hydrogen-bond donors (Lipinski definition) is 2. The molecule has 13 heteroatoms. The third-order valence-electron chi connectivity index (χ3n) is 7.18. The third-order valence-corrected chi connectivity index (χ3v) is 7.18. The number of carbonyl (C=O) groups is 1. The van der Waals surface area contributed by atoms with E-state index in [1.54, 1.807) is 25.1 Å². The molecule has 4 rings (SSSR count). The number of nitrogens with zero attached hydrogens (tertiary/aromatic N) is 5. The minimum atomic E-state index is -4.63. The summed E-state index contributed by atoms with van der Waals surface area (Å²) in [4.78, 5) is 30.0.